The first kappa shape index (κ1) is 56.6. The largest absolute Gasteiger partial charge is 0.756 e. The average molecular weight is 882 g/mol. The smallest absolute Gasteiger partial charge is 0.306 e. The highest BCUT2D eigenvalue weighted by molar-refractivity contribution is 7.45. The van der Waals surface area contributed by atoms with Crippen LogP contribution in [0, 0.1) is 11.8 Å². The van der Waals surface area contributed by atoms with Crippen molar-refractivity contribution in [3.8, 4) is 0 Å². The monoisotopic (exact) mass is 882 g/mol. The number of nitrogens with zero attached hydrogens (tertiary/aromatic N) is 1. The van der Waals surface area contributed by atoms with E-state index in [9.17, 15) is 34.1 Å². The zero-order valence-corrected chi connectivity index (χ0v) is 39.5. The van der Waals surface area contributed by atoms with Crippen LogP contribution in [0.15, 0.2) is 48.6 Å². The normalized spacial score (nSPS) is 19.4. The Labute approximate surface area is 369 Å². The fourth-order valence-corrected chi connectivity index (χ4v) is 7.63. The molecule has 0 amide bonds. The number of ketones is 1. The molecule has 1 aliphatic carbocycles. The molecule has 12 nitrogen and oxygen atoms in total. The first-order valence-electron chi connectivity index (χ1n) is 23.4. The standard InChI is InChI=1S/C48H84NO11P/c1-6-8-10-11-12-13-14-15-16-17-18-19-20-21-22-23-28-32-47(53)57-39-42(40-59-61(55,56)58-37-36-49(3,4)5)60-48(54)33-29-25-24-27-31-43-44(46(52)38-45(43)51)35-34-41(50)30-26-9-7-2/h12-13,15-16,24,27,34-35,41-45,50-51H,6-11,14,17-23,25-26,28-33,36-40H2,1-5H3/b13-12-,16-15-,27-24-,35-34+/t41-,42+,43+,44+,45-/m0/s1. The van der Waals surface area contributed by atoms with Gasteiger partial charge in [0.05, 0.1) is 40.0 Å². The summed E-state index contributed by atoms with van der Waals surface area (Å²) in [6.45, 7) is 3.77. The molecular formula is C48H84NO11P. The topological polar surface area (TPSA) is 169 Å². The zero-order chi connectivity index (χ0) is 45.2. The number of unbranched alkanes of at least 4 members (excludes halogenated alkanes) is 13. The number of carbonyl (C=O) groups is 3. The summed E-state index contributed by atoms with van der Waals surface area (Å²) in [6, 6.07) is 0. The number of Topliss-reactive ketones (excluding diaryl/α,β-unsaturated/α-hetero) is 1. The van der Waals surface area contributed by atoms with Gasteiger partial charge in [-0.2, -0.15) is 0 Å². The Balaban J connectivity index is 2.49. The predicted molar refractivity (Wildman–Crippen MR) is 241 cm³/mol. The number of esters is 2. The van der Waals surface area contributed by atoms with E-state index in [1.54, 1.807) is 12.2 Å². The molecule has 1 rings (SSSR count). The lowest BCUT2D eigenvalue weighted by Gasteiger charge is -2.28. The van der Waals surface area contributed by atoms with Crippen LogP contribution in [-0.4, -0.2) is 98.2 Å². The minimum absolute atomic E-state index is 0.0309. The van der Waals surface area contributed by atoms with Crippen molar-refractivity contribution in [2.24, 2.45) is 11.8 Å². The molecule has 1 unspecified atom stereocenters. The number of aliphatic hydroxyl groups is 2. The van der Waals surface area contributed by atoms with Crippen molar-refractivity contribution in [1.82, 2.24) is 0 Å². The molecule has 0 saturated heterocycles. The summed E-state index contributed by atoms with van der Waals surface area (Å²) >= 11 is 0. The van der Waals surface area contributed by atoms with E-state index in [0.29, 0.717) is 43.1 Å². The van der Waals surface area contributed by atoms with Gasteiger partial charge in [-0.15, -0.1) is 0 Å². The molecule has 352 valence electrons. The van der Waals surface area contributed by atoms with Crippen LogP contribution >= 0.6 is 7.82 Å². The molecule has 0 heterocycles. The van der Waals surface area contributed by atoms with Crippen molar-refractivity contribution in [2.75, 3.05) is 47.5 Å². The lowest BCUT2D eigenvalue weighted by Crippen LogP contribution is -2.37. The van der Waals surface area contributed by atoms with Crippen LogP contribution in [0.1, 0.15) is 162 Å². The van der Waals surface area contributed by atoms with E-state index in [0.717, 1.165) is 51.4 Å². The number of phosphoric ester groups is 1. The van der Waals surface area contributed by atoms with Crippen LogP contribution in [-0.2, 0) is 37.5 Å². The van der Waals surface area contributed by atoms with Crippen molar-refractivity contribution in [3.63, 3.8) is 0 Å². The Morgan fingerprint density at radius 3 is 2.05 bits per heavy atom. The highest BCUT2D eigenvalue weighted by Gasteiger charge is 2.39. The SMILES string of the molecule is CCCCC/C=C\C/C=C\CCCCCCCCCC(=O)OC[C@H](COP(=O)([O-])OCC[N+](C)(C)C)OC(=O)CCC/C=C\C[C@H]1[C@@H](O)CC(=O)[C@@H]1/C=C/[C@@H](O)CCCCC. The molecule has 1 aliphatic rings. The summed E-state index contributed by atoms with van der Waals surface area (Å²) in [6.07, 6.45) is 33.6. The Kier molecular flexibility index (Phi) is 32.4. The number of hydrogen-bond acceptors (Lipinski definition) is 11. The van der Waals surface area contributed by atoms with Crippen LogP contribution < -0.4 is 4.89 Å². The molecule has 0 radical (unpaired) electrons. The molecule has 0 aromatic carbocycles. The fourth-order valence-electron chi connectivity index (χ4n) is 6.90. The maximum absolute atomic E-state index is 12.8. The number of aliphatic hydroxyl groups excluding tert-OH is 2. The average Bonchev–Trinajstić information content (AvgIpc) is 3.47. The number of rotatable bonds is 38. The molecule has 13 heteroatoms. The van der Waals surface area contributed by atoms with E-state index in [-0.39, 0.29) is 44.2 Å². The third-order valence-electron chi connectivity index (χ3n) is 10.7. The zero-order valence-electron chi connectivity index (χ0n) is 38.6. The van der Waals surface area contributed by atoms with Gasteiger partial charge < -0.3 is 38.1 Å². The summed E-state index contributed by atoms with van der Waals surface area (Å²) < 4.78 is 33.9. The molecule has 61 heavy (non-hydrogen) atoms. The highest BCUT2D eigenvalue weighted by Crippen LogP contribution is 2.38. The minimum atomic E-state index is -4.71. The maximum atomic E-state index is 12.8. The number of quaternary nitrogens is 1. The number of hydrogen-bond donors (Lipinski definition) is 2. The summed E-state index contributed by atoms with van der Waals surface area (Å²) in [5.41, 5.74) is 0. The second-order valence-corrected chi connectivity index (χ2v) is 19.0. The Hall–Kier alpha value is -2.44. The molecule has 1 saturated carbocycles. The summed E-state index contributed by atoms with van der Waals surface area (Å²) in [5.74, 6) is -1.81. The van der Waals surface area contributed by atoms with Crippen molar-refractivity contribution in [1.29, 1.82) is 0 Å². The number of phosphoric acid groups is 1. The van der Waals surface area contributed by atoms with E-state index >= 15 is 0 Å². The van der Waals surface area contributed by atoms with Gasteiger partial charge in [-0.05, 0) is 64.2 Å². The van der Waals surface area contributed by atoms with E-state index in [2.05, 4.69) is 38.2 Å². The number of ether oxygens (including phenoxy) is 2. The van der Waals surface area contributed by atoms with Gasteiger partial charge in [0.2, 0.25) is 0 Å². The molecule has 0 aromatic heterocycles. The second-order valence-electron chi connectivity index (χ2n) is 17.5. The van der Waals surface area contributed by atoms with Gasteiger partial charge in [-0.25, -0.2) is 0 Å². The van der Waals surface area contributed by atoms with Crippen molar-refractivity contribution < 1.29 is 57.1 Å². The number of likely N-dealkylation sites (N-methyl/N-ethyl adjacent to an activating group) is 1. The quantitative estimate of drug-likeness (QED) is 0.0199. The van der Waals surface area contributed by atoms with Gasteiger partial charge in [0.1, 0.15) is 25.5 Å². The van der Waals surface area contributed by atoms with E-state index in [1.165, 1.54) is 44.9 Å². The summed E-state index contributed by atoms with van der Waals surface area (Å²) in [7, 11) is 0.992. The lowest BCUT2D eigenvalue weighted by atomic mass is 9.90. The maximum Gasteiger partial charge on any atom is 0.306 e. The Morgan fingerprint density at radius 2 is 1.38 bits per heavy atom. The third-order valence-corrected chi connectivity index (χ3v) is 11.7. The first-order valence-corrected chi connectivity index (χ1v) is 24.9. The molecule has 0 spiro atoms. The number of allylic oxidation sites excluding steroid dienone is 7. The Bertz CT molecular complexity index is 1340. The van der Waals surface area contributed by atoms with E-state index in [4.69, 9.17) is 18.5 Å². The van der Waals surface area contributed by atoms with Gasteiger partial charge >= 0.3 is 11.9 Å². The molecule has 0 aliphatic heterocycles. The molecule has 2 N–H and O–H groups in total. The minimum Gasteiger partial charge on any atom is -0.756 e. The van der Waals surface area contributed by atoms with Crippen LogP contribution in [0.3, 0.4) is 0 Å². The van der Waals surface area contributed by atoms with E-state index < -0.39 is 50.6 Å². The first-order chi connectivity index (χ1) is 29.2. The van der Waals surface area contributed by atoms with Gasteiger partial charge in [-0.1, -0.05) is 127 Å². The summed E-state index contributed by atoms with van der Waals surface area (Å²) in [4.78, 5) is 50.3. The second kappa shape index (κ2) is 35.0. The van der Waals surface area contributed by atoms with Crippen LogP contribution in [0.25, 0.3) is 0 Å². The molecule has 6 atom stereocenters. The van der Waals surface area contributed by atoms with Crippen LogP contribution in [0.4, 0.5) is 0 Å². The van der Waals surface area contributed by atoms with Crippen molar-refractivity contribution in [2.45, 2.75) is 180 Å². The van der Waals surface area contributed by atoms with Crippen LogP contribution in [0.2, 0.25) is 0 Å². The predicted octanol–water partition coefficient (Wildman–Crippen LogP) is 9.42. The summed E-state index contributed by atoms with van der Waals surface area (Å²) in [5, 5.41) is 20.8. The number of carbonyl (C=O) groups excluding carboxylic acids is 3. The molecular weight excluding hydrogens is 797 g/mol. The lowest BCUT2D eigenvalue weighted by molar-refractivity contribution is -0.870. The highest BCUT2D eigenvalue weighted by atomic mass is 31.2. The fraction of sp³-hybridized carbons (Fsp3) is 0.771. The van der Waals surface area contributed by atoms with Crippen LogP contribution in [0.5, 0.6) is 0 Å². The van der Waals surface area contributed by atoms with Crippen molar-refractivity contribution in [3.05, 3.63) is 48.6 Å². The molecule has 1 fully saturated rings. The van der Waals surface area contributed by atoms with E-state index in [1.807, 2.05) is 33.3 Å². The van der Waals surface area contributed by atoms with Gasteiger partial charge in [0.25, 0.3) is 7.82 Å². The van der Waals surface area contributed by atoms with Gasteiger partial charge in [0, 0.05) is 31.1 Å². The van der Waals surface area contributed by atoms with Gasteiger partial charge in [0.15, 0.2) is 6.10 Å². The third kappa shape index (κ3) is 32.0. The molecule has 0 bridgehead atoms. The molecule has 0 aromatic rings. The Morgan fingerprint density at radius 1 is 0.787 bits per heavy atom. The van der Waals surface area contributed by atoms with Crippen molar-refractivity contribution >= 4 is 25.5 Å². The van der Waals surface area contributed by atoms with Gasteiger partial charge in [-0.3, -0.25) is 18.9 Å².